The summed E-state index contributed by atoms with van der Waals surface area (Å²) in [5.74, 6) is 0.214. The Kier molecular flexibility index (Phi) is 10.0. The van der Waals surface area contributed by atoms with Crippen LogP contribution in [0.25, 0.3) is 0 Å². The van der Waals surface area contributed by atoms with Crippen LogP contribution in [0, 0.1) is 68.0 Å². The lowest BCUT2D eigenvalue weighted by Crippen LogP contribution is -2.66. The molecule has 275 valence electrons. The maximum atomic E-state index is 14.3. The maximum absolute atomic E-state index is 14.3. The number of carbonyl (C=O) groups is 4. The number of carbonyl (C=O) groups excluding carboxylic acids is 4. The van der Waals surface area contributed by atoms with Gasteiger partial charge in [-0.3, -0.25) is 19.7 Å². The Morgan fingerprint density at radius 3 is 2.24 bits per heavy atom. The number of esters is 1. The van der Waals surface area contributed by atoms with Crippen LogP contribution < -0.4 is 5.32 Å². The van der Waals surface area contributed by atoms with Crippen LogP contribution in [0.1, 0.15) is 146 Å². The van der Waals surface area contributed by atoms with Gasteiger partial charge < -0.3 is 14.6 Å². The molecule has 0 aromatic carbocycles. The number of fused-ring (bicyclic) bond motifs is 7. The molecule has 0 aliphatic heterocycles. The van der Waals surface area contributed by atoms with Gasteiger partial charge >= 0.3 is 5.97 Å². The molecule has 3 unspecified atom stereocenters. The van der Waals surface area contributed by atoms with Gasteiger partial charge in [-0.05, 0) is 116 Å². The highest BCUT2D eigenvalue weighted by molar-refractivity contribution is 6.00. The molecule has 0 aromatic heterocycles. The summed E-state index contributed by atoms with van der Waals surface area (Å²) in [6, 6.07) is 0. The molecule has 7 nitrogen and oxygen atoms in total. The van der Waals surface area contributed by atoms with Crippen LogP contribution in [0.5, 0.6) is 0 Å². The monoisotopic (exact) mass is 680 g/mol. The van der Waals surface area contributed by atoms with E-state index in [0.717, 1.165) is 70.5 Å². The van der Waals surface area contributed by atoms with Gasteiger partial charge in [-0.15, -0.1) is 0 Å². The zero-order valence-electron chi connectivity index (χ0n) is 32.3. The second-order valence-corrected chi connectivity index (χ2v) is 19.8. The normalized spacial score (nSPS) is 39.9. The first-order chi connectivity index (χ1) is 22.6. The minimum absolute atomic E-state index is 0.00703. The van der Waals surface area contributed by atoms with E-state index in [1.807, 2.05) is 6.92 Å². The Hall–Kier alpha value is -2.02. The molecule has 2 amide bonds. The predicted octanol–water partition coefficient (Wildman–Crippen LogP) is 8.18. The summed E-state index contributed by atoms with van der Waals surface area (Å²) in [4.78, 5) is 52.0. The van der Waals surface area contributed by atoms with Gasteiger partial charge in [0, 0.05) is 23.4 Å². The molecule has 7 heteroatoms. The van der Waals surface area contributed by atoms with Gasteiger partial charge in [0.25, 0.3) is 0 Å². The largest absolute Gasteiger partial charge is 0.462 e. The first-order valence-corrected chi connectivity index (χ1v) is 19.3. The first kappa shape index (κ1) is 38.2. The molecule has 0 spiro atoms. The Morgan fingerprint density at radius 1 is 0.918 bits per heavy atom. The summed E-state index contributed by atoms with van der Waals surface area (Å²) in [5.41, 5.74) is -0.0526. The van der Waals surface area contributed by atoms with Crippen molar-refractivity contribution < 1.29 is 29.0 Å². The van der Waals surface area contributed by atoms with Crippen LogP contribution >= 0.6 is 0 Å². The highest BCUT2D eigenvalue weighted by Crippen LogP contribution is 2.76. The molecule has 2 N–H and O–H groups in total. The average Bonchev–Trinajstić information content (AvgIpc) is 3.01. The fraction of sp³-hybridized carbons (Fsp3) is 0.833. The van der Waals surface area contributed by atoms with E-state index in [1.54, 1.807) is 20.3 Å². The van der Waals surface area contributed by atoms with Crippen LogP contribution in [-0.4, -0.2) is 41.9 Å². The number of ether oxygens (including phenoxy) is 1. The van der Waals surface area contributed by atoms with Crippen molar-refractivity contribution >= 4 is 24.1 Å². The lowest BCUT2D eigenvalue weighted by atomic mass is 9.32. The lowest BCUT2D eigenvalue weighted by molar-refractivity contribution is -0.234. The second-order valence-electron chi connectivity index (χ2n) is 19.8. The molecule has 0 saturated heterocycles. The fourth-order valence-electron chi connectivity index (χ4n) is 12.3. The van der Waals surface area contributed by atoms with Crippen LogP contribution in [0.2, 0.25) is 0 Å². The van der Waals surface area contributed by atoms with Crippen LogP contribution in [0.3, 0.4) is 0 Å². The third-order valence-corrected chi connectivity index (χ3v) is 15.5. The molecular formula is C42H66NO6. The number of amides is 2. The quantitative estimate of drug-likeness (QED) is 0.144. The highest BCUT2D eigenvalue weighted by atomic mass is 16.5. The van der Waals surface area contributed by atoms with Crippen molar-refractivity contribution in [2.24, 2.45) is 61.6 Å². The summed E-state index contributed by atoms with van der Waals surface area (Å²) >= 11 is 0. The number of aldehydes is 1. The van der Waals surface area contributed by atoms with Gasteiger partial charge in [-0.25, -0.2) is 0 Å². The number of allylic oxidation sites excluding steroid dienone is 1. The molecule has 0 aromatic rings. The molecule has 5 aliphatic rings. The van der Waals surface area contributed by atoms with E-state index in [2.05, 4.69) is 59.9 Å². The third-order valence-electron chi connectivity index (χ3n) is 15.5. The zero-order valence-corrected chi connectivity index (χ0v) is 32.3. The number of nitrogens with one attached hydrogen (secondary N) is 1. The van der Waals surface area contributed by atoms with Crippen LogP contribution in [-0.2, 0) is 23.9 Å². The van der Waals surface area contributed by atoms with Gasteiger partial charge in [0.05, 0.1) is 11.8 Å². The molecule has 5 aliphatic carbocycles. The Bertz CT molecular complexity index is 1360. The van der Waals surface area contributed by atoms with Crippen LogP contribution in [0.4, 0.5) is 0 Å². The third kappa shape index (κ3) is 6.28. The number of rotatable bonds is 9. The summed E-state index contributed by atoms with van der Waals surface area (Å²) in [6.45, 7) is 22.1. The van der Waals surface area contributed by atoms with Crippen molar-refractivity contribution in [3.8, 4) is 0 Å². The Morgan fingerprint density at radius 2 is 1.59 bits per heavy atom. The number of aliphatic hydroxyl groups excluding tert-OH is 1. The topological polar surface area (TPSA) is 110 Å². The summed E-state index contributed by atoms with van der Waals surface area (Å²) < 4.78 is 6.20. The smallest absolute Gasteiger partial charge is 0.307 e. The summed E-state index contributed by atoms with van der Waals surface area (Å²) in [7, 11) is 0. The molecule has 49 heavy (non-hydrogen) atoms. The molecule has 0 heterocycles. The number of imide groups is 1. The molecule has 0 bridgehead atoms. The highest BCUT2D eigenvalue weighted by Gasteiger charge is 2.70. The number of hydrogen-bond donors (Lipinski definition) is 2. The Labute approximate surface area is 296 Å². The minimum Gasteiger partial charge on any atom is -0.462 e. The van der Waals surface area contributed by atoms with E-state index in [0.29, 0.717) is 18.3 Å². The van der Waals surface area contributed by atoms with E-state index < -0.39 is 10.8 Å². The van der Waals surface area contributed by atoms with Gasteiger partial charge in [0.15, 0.2) is 0 Å². The fourth-order valence-corrected chi connectivity index (χ4v) is 12.3. The molecule has 1 radical (unpaired) electrons. The van der Waals surface area contributed by atoms with Gasteiger partial charge in [0.2, 0.25) is 11.8 Å². The number of hydrogen-bond acceptors (Lipinski definition) is 6. The minimum atomic E-state index is -0.723. The van der Waals surface area contributed by atoms with Crippen molar-refractivity contribution in [2.45, 2.75) is 152 Å². The molecule has 9 atom stereocenters. The Balaban J connectivity index is 1.42. The standard InChI is InChI=1S/C42H66NO6/c1-27(12-11-23-44)34(47)43-35(48)42-21-19-36(2,3)24-29(42)28-13-14-31-39(8)17-16-32(49-33(46)25-37(4,5)26-45)38(6,7)30(39)15-18-41(31,10)40(28,9)20-22-42/h11,24,26-28,30-32,44H,12-23,25H2,1-10H3,(H,43,47,48)/t27?,28-,30?,31?,32+,39+,40-,41-,42+/m1/s1. The van der Waals surface area contributed by atoms with Gasteiger partial charge in [-0.2, -0.15) is 0 Å². The SMILES string of the molecule is CC(C[CH]CO)C(=O)NC(=O)[C@]12CCC(C)(C)C=C1[C@H]1CCC3[C@@]4(C)CC[C@H](OC(=O)CC(C)(C)C=O)C(C)(C)C4CC[C@@]3(C)[C@]1(C)CC2. The average molecular weight is 681 g/mol. The maximum Gasteiger partial charge on any atom is 0.307 e. The molecule has 4 saturated carbocycles. The van der Waals surface area contributed by atoms with Gasteiger partial charge in [0.1, 0.15) is 12.4 Å². The summed E-state index contributed by atoms with van der Waals surface area (Å²) in [5, 5.41) is 12.1. The van der Waals surface area contributed by atoms with E-state index >= 15 is 0 Å². The van der Waals surface area contributed by atoms with Gasteiger partial charge in [-0.1, -0.05) is 80.9 Å². The van der Waals surface area contributed by atoms with E-state index in [9.17, 15) is 24.3 Å². The summed E-state index contributed by atoms with van der Waals surface area (Å²) in [6.07, 6.45) is 15.0. The van der Waals surface area contributed by atoms with E-state index in [-0.39, 0.29) is 75.8 Å². The van der Waals surface area contributed by atoms with Crippen LogP contribution in [0.15, 0.2) is 11.6 Å². The van der Waals surface area contributed by atoms with Crippen molar-refractivity contribution in [2.75, 3.05) is 6.61 Å². The molecule has 4 fully saturated rings. The lowest BCUT2D eigenvalue weighted by Gasteiger charge is -2.72. The number of aliphatic hydroxyl groups is 1. The van der Waals surface area contributed by atoms with Crippen molar-refractivity contribution in [1.82, 2.24) is 5.32 Å². The zero-order chi connectivity index (χ0) is 36.4. The molecule has 5 rings (SSSR count). The van der Waals surface area contributed by atoms with Crippen molar-refractivity contribution in [1.29, 1.82) is 0 Å². The van der Waals surface area contributed by atoms with Crippen molar-refractivity contribution in [3.05, 3.63) is 18.1 Å². The van der Waals surface area contributed by atoms with Crippen molar-refractivity contribution in [3.63, 3.8) is 0 Å². The first-order valence-electron chi connectivity index (χ1n) is 19.3. The van der Waals surface area contributed by atoms with E-state index in [1.165, 1.54) is 5.57 Å². The van der Waals surface area contributed by atoms with E-state index in [4.69, 9.17) is 4.74 Å². The predicted molar refractivity (Wildman–Crippen MR) is 192 cm³/mol. The molecular weight excluding hydrogens is 614 g/mol. The second kappa shape index (κ2) is 12.9.